The second kappa shape index (κ2) is 3.24. The van der Waals surface area contributed by atoms with Gasteiger partial charge >= 0.3 is 0 Å². The molecule has 0 aliphatic heterocycles. The molecule has 0 aromatic carbocycles. The maximum Gasteiger partial charge on any atom is 0.0644 e. The van der Waals surface area contributed by atoms with Gasteiger partial charge in [-0.05, 0) is 18.4 Å². The molecular formula is C9H10O. The van der Waals surface area contributed by atoms with Gasteiger partial charge < -0.3 is 5.11 Å². The minimum atomic E-state index is 0.161. The molecule has 10 heavy (non-hydrogen) atoms. The number of aliphatic hydroxyl groups excluding tert-OH is 1. The van der Waals surface area contributed by atoms with Crippen LogP contribution in [0.3, 0.4) is 0 Å². The maximum atomic E-state index is 8.70. The zero-order chi connectivity index (χ0) is 7.40. The molecule has 0 radical (unpaired) electrons. The van der Waals surface area contributed by atoms with Gasteiger partial charge in [0.1, 0.15) is 0 Å². The summed E-state index contributed by atoms with van der Waals surface area (Å²) in [5.74, 6) is 2.58. The lowest BCUT2D eigenvalue weighted by Gasteiger charge is -2.07. The van der Waals surface area contributed by atoms with Crippen molar-refractivity contribution in [3.8, 4) is 12.3 Å². The van der Waals surface area contributed by atoms with E-state index < -0.39 is 0 Å². The lowest BCUT2D eigenvalue weighted by atomic mass is 10.00. The van der Waals surface area contributed by atoms with Crippen LogP contribution in [0, 0.1) is 12.3 Å². The van der Waals surface area contributed by atoms with Crippen LogP contribution in [0.15, 0.2) is 23.3 Å². The molecule has 1 heteroatoms. The summed E-state index contributed by atoms with van der Waals surface area (Å²) in [5.41, 5.74) is 2.09. The van der Waals surface area contributed by atoms with Crippen LogP contribution in [0.4, 0.5) is 0 Å². The summed E-state index contributed by atoms with van der Waals surface area (Å²) in [4.78, 5) is 0. The predicted octanol–water partition coefficient (Wildman–Crippen LogP) is 1.26. The SMILES string of the molecule is C#CC1=CC=C(CO)CC1. The quantitative estimate of drug-likeness (QED) is 0.535. The molecule has 52 valence electrons. The lowest BCUT2D eigenvalue weighted by Crippen LogP contribution is -1.95. The van der Waals surface area contributed by atoms with Gasteiger partial charge in [-0.2, -0.15) is 0 Å². The first-order chi connectivity index (χ1) is 4.86. The molecule has 0 saturated heterocycles. The standard InChI is InChI=1S/C9H10O/c1-2-8-3-5-9(7-10)6-4-8/h1,3,5,10H,4,6-7H2. The second-order valence-electron chi connectivity index (χ2n) is 2.32. The number of terminal acetylenes is 1. The maximum absolute atomic E-state index is 8.70. The minimum absolute atomic E-state index is 0.161. The number of allylic oxidation sites excluding steroid dienone is 3. The predicted molar refractivity (Wildman–Crippen MR) is 41.3 cm³/mol. The molecule has 0 saturated carbocycles. The van der Waals surface area contributed by atoms with E-state index in [1.54, 1.807) is 0 Å². The Kier molecular flexibility index (Phi) is 2.30. The van der Waals surface area contributed by atoms with Gasteiger partial charge in [0.2, 0.25) is 0 Å². The number of hydrogen-bond donors (Lipinski definition) is 1. The third-order valence-electron chi connectivity index (χ3n) is 1.62. The monoisotopic (exact) mass is 134 g/mol. The zero-order valence-electron chi connectivity index (χ0n) is 5.80. The Morgan fingerprint density at radius 2 is 2.30 bits per heavy atom. The number of rotatable bonds is 1. The Hall–Kier alpha value is -1.00. The van der Waals surface area contributed by atoms with Gasteiger partial charge in [0.05, 0.1) is 6.61 Å². The van der Waals surface area contributed by atoms with Gasteiger partial charge in [-0.25, -0.2) is 0 Å². The van der Waals surface area contributed by atoms with E-state index in [-0.39, 0.29) is 6.61 Å². The van der Waals surface area contributed by atoms with Crippen LogP contribution in [0.25, 0.3) is 0 Å². The first-order valence-corrected chi connectivity index (χ1v) is 3.33. The Labute approximate surface area is 61.1 Å². The van der Waals surface area contributed by atoms with Crippen LogP contribution < -0.4 is 0 Å². The van der Waals surface area contributed by atoms with Gasteiger partial charge in [0.15, 0.2) is 0 Å². The van der Waals surface area contributed by atoms with E-state index in [1.165, 1.54) is 0 Å². The molecule has 0 atom stereocenters. The Balaban J connectivity index is 2.67. The lowest BCUT2D eigenvalue weighted by molar-refractivity contribution is 0.326. The summed E-state index contributed by atoms with van der Waals surface area (Å²) in [5, 5.41) is 8.70. The van der Waals surface area contributed by atoms with E-state index in [1.807, 2.05) is 12.2 Å². The summed E-state index contributed by atoms with van der Waals surface area (Å²) < 4.78 is 0. The summed E-state index contributed by atoms with van der Waals surface area (Å²) in [6.45, 7) is 0.161. The average Bonchev–Trinajstić information content (AvgIpc) is 2.05. The molecule has 1 rings (SSSR count). The summed E-state index contributed by atoms with van der Waals surface area (Å²) in [6, 6.07) is 0. The Bertz CT molecular complexity index is 215. The molecule has 0 aromatic heterocycles. The summed E-state index contributed by atoms with van der Waals surface area (Å²) >= 11 is 0. The molecule has 0 spiro atoms. The summed E-state index contributed by atoms with van der Waals surface area (Å²) in [6.07, 6.45) is 10.8. The Morgan fingerprint density at radius 3 is 2.70 bits per heavy atom. The van der Waals surface area contributed by atoms with E-state index in [0.29, 0.717) is 0 Å². The highest BCUT2D eigenvalue weighted by molar-refractivity contribution is 5.34. The highest BCUT2D eigenvalue weighted by atomic mass is 16.3. The topological polar surface area (TPSA) is 20.2 Å². The van der Waals surface area contributed by atoms with Crippen LogP contribution in [0.1, 0.15) is 12.8 Å². The average molecular weight is 134 g/mol. The fourth-order valence-corrected chi connectivity index (χ4v) is 0.932. The molecule has 1 aliphatic carbocycles. The van der Waals surface area contributed by atoms with Crippen molar-refractivity contribution in [2.24, 2.45) is 0 Å². The normalized spacial score (nSPS) is 17.2. The zero-order valence-corrected chi connectivity index (χ0v) is 5.80. The van der Waals surface area contributed by atoms with E-state index in [4.69, 9.17) is 11.5 Å². The largest absolute Gasteiger partial charge is 0.392 e. The van der Waals surface area contributed by atoms with Gasteiger partial charge in [0.25, 0.3) is 0 Å². The third-order valence-corrected chi connectivity index (χ3v) is 1.62. The van der Waals surface area contributed by atoms with Crippen molar-refractivity contribution in [2.75, 3.05) is 6.61 Å². The first-order valence-electron chi connectivity index (χ1n) is 3.33. The van der Waals surface area contributed by atoms with Crippen molar-refractivity contribution >= 4 is 0 Å². The first kappa shape index (κ1) is 7.11. The van der Waals surface area contributed by atoms with Crippen LogP contribution >= 0.6 is 0 Å². The van der Waals surface area contributed by atoms with Crippen LogP contribution in [-0.4, -0.2) is 11.7 Å². The van der Waals surface area contributed by atoms with Crippen molar-refractivity contribution in [1.29, 1.82) is 0 Å². The summed E-state index contributed by atoms with van der Waals surface area (Å²) in [7, 11) is 0. The highest BCUT2D eigenvalue weighted by Gasteiger charge is 2.01. The van der Waals surface area contributed by atoms with Crippen LogP contribution in [0.2, 0.25) is 0 Å². The number of aliphatic hydroxyl groups is 1. The van der Waals surface area contributed by atoms with Crippen molar-refractivity contribution in [3.63, 3.8) is 0 Å². The van der Waals surface area contributed by atoms with Gasteiger partial charge in [0, 0.05) is 5.57 Å². The van der Waals surface area contributed by atoms with Gasteiger partial charge in [-0.1, -0.05) is 18.1 Å². The molecule has 0 heterocycles. The van der Waals surface area contributed by atoms with E-state index >= 15 is 0 Å². The molecular weight excluding hydrogens is 124 g/mol. The minimum Gasteiger partial charge on any atom is -0.392 e. The molecule has 0 fully saturated rings. The molecule has 1 N–H and O–H groups in total. The fourth-order valence-electron chi connectivity index (χ4n) is 0.932. The van der Waals surface area contributed by atoms with Crippen molar-refractivity contribution in [3.05, 3.63) is 23.3 Å². The molecule has 0 aromatic rings. The van der Waals surface area contributed by atoms with Crippen LogP contribution in [0.5, 0.6) is 0 Å². The van der Waals surface area contributed by atoms with Gasteiger partial charge in [-0.3, -0.25) is 0 Å². The molecule has 0 unspecified atom stereocenters. The van der Waals surface area contributed by atoms with E-state index in [0.717, 1.165) is 24.0 Å². The second-order valence-corrected chi connectivity index (χ2v) is 2.32. The molecule has 0 bridgehead atoms. The van der Waals surface area contributed by atoms with Gasteiger partial charge in [-0.15, -0.1) is 6.42 Å². The van der Waals surface area contributed by atoms with Crippen molar-refractivity contribution < 1.29 is 5.11 Å². The van der Waals surface area contributed by atoms with Crippen molar-refractivity contribution in [1.82, 2.24) is 0 Å². The smallest absolute Gasteiger partial charge is 0.0644 e. The van der Waals surface area contributed by atoms with E-state index in [2.05, 4.69) is 5.92 Å². The third kappa shape index (κ3) is 1.49. The fraction of sp³-hybridized carbons (Fsp3) is 0.333. The van der Waals surface area contributed by atoms with E-state index in [9.17, 15) is 0 Å². The Morgan fingerprint density at radius 1 is 1.50 bits per heavy atom. The molecule has 1 aliphatic rings. The molecule has 0 amide bonds. The highest BCUT2D eigenvalue weighted by Crippen LogP contribution is 2.16. The number of hydrogen-bond acceptors (Lipinski definition) is 1. The molecule has 1 nitrogen and oxygen atoms in total. The van der Waals surface area contributed by atoms with Crippen molar-refractivity contribution in [2.45, 2.75) is 12.8 Å². The van der Waals surface area contributed by atoms with Crippen LogP contribution in [-0.2, 0) is 0 Å².